The highest BCUT2D eigenvalue weighted by molar-refractivity contribution is 6.10. The van der Waals surface area contributed by atoms with Gasteiger partial charge in [-0.25, -0.2) is 0 Å². The van der Waals surface area contributed by atoms with Crippen molar-refractivity contribution in [3.63, 3.8) is 0 Å². The number of carbonyl (C=O) groups is 2. The Morgan fingerprint density at radius 3 is 2.59 bits per heavy atom. The largest absolute Gasteiger partial charge is 0.503 e. The summed E-state index contributed by atoms with van der Waals surface area (Å²) in [6.07, 6.45) is 7.03. The van der Waals surface area contributed by atoms with E-state index in [1.807, 2.05) is 44.3 Å². The molecule has 0 bridgehead atoms. The van der Waals surface area contributed by atoms with Gasteiger partial charge in [-0.15, -0.1) is 0 Å². The number of para-hydroxylation sites is 1. The molecular formula is C22H26N2O3. The Morgan fingerprint density at radius 1 is 1.19 bits per heavy atom. The number of hydrogen-bond donors (Lipinski definition) is 2. The number of H-pyrrole nitrogens is 1. The maximum atomic E-state index is 13.0. The maximum absolute atomic E-state index is 13.0. The van der Waals surface area contributed by atoms with Crippen LogP contribution in [0.3, 0.4) is 0 Å². The van der Waals surface area contributed by atoms with Crippen LogP contribution in [-0.2, 0) is 9.59 Å². The minimum atomic E-state index is -0.522. The number of aliphatic hydroxyl groups is 1. The number of aromatic amines is 1. The first-order chi connectivity index (χ1) is 13.0. The summed E-state index contributed by atoms with van der Waals surface area (Å²) in [5.41, 5.74) is 2.11. The van der Waals surface area contributed by atoms with Crippen LogP contribution in [0.2, 0.25) is 0 Å². The lowest BCUT2D eigenvalue weighted by atomic mass is 9.88. The fourth-order valence-electron chi connectivity index (χ4n) is 4.55. The molecule has 1 fully saturated rings. The second kappa shape index (κ2) is 6.87. The van der Waals surface area contributed by atoms with Crippen molar-refractivity contribution in [3.8, 4) is 0 Å². The van der Waals surface area contributed by atoms with Crippen LogP contribution in [0.15, 0.2) is 41.8 Å². The zero-order valence-corrected chi connectivity index (χ0v) is 15.9. The first-order valence-corrected chi connectivity index (χ1v) is 9.86. The molecule has 2 heterocycles. The van der Waals surface area contributed by atoms with Gasteiger partial charge in [0.05, 0.1) is 11.6 Å². The molecule has 2 aromatic rings. The Bertz CT molecular complexity index is 919. The van der Waals surface area contributed by atoms with Crippen LogP contribution in [0, 0.1) is 5.92 Å². The van der Waals surface area contributed by atoms with Crippen LogP contribution < -0.4 is 0 Å². The third-order valence-corrected chi connectivity index (χ3v) is 5.92. The predicted molar refractivity (Wildman–Crippen MR) is 104 cm³/mol. The summed E-state index contributed by atoms with van der Waals surface area (Å²) in [5.74, 6) is -1.21. The van der Waals surface area contributed by atoms with Crippen LogP contribution >= 0.6 is 0 Å². The van der Waals surface area contributed by atoms with Gasteiger partial charge < -0.3 is 15.0 Å². The number of rotatable bonds is 4. The summed E-state index contributed by atoms with van der Waals surface area (Å²) in [4.78, 5) is 31.0. The minimum absolute atomic E-state index is 0.0597. The quantitative estimate of drug-likeness (QED) is 0.841. The van der Waals surface area contributed by atoms with Gasteiger partial charge in [0.15, 0.2) is 11.5 Å². The molecule has 1 aliphatic carbocycles. The van der Waals surface area contributed by atoms with Gasteiger partial charge in [-0.3, -0.25) is 9.59 Å². The standard InChI is InChI=1S/C22H26N2O3/c1-13(2)20(25)18-19(16-12-23-17-11-7-6-10-15(16)17)24(22(27)21(18)26)14-8-4-3-5-9-14/h6-7,10-14,19,23,26H,3-5,8-9H2,1-2H3. The topological polar surface area (TPSA) is 73.4 Å². The fraction of sp³-hybridized carbons (Fsp3) is 0.455. The lowest BCUT2D eigenvalue weighted by Crippen LogP contribution is -2.41. The summed E-state index contributed by atoms with van der Waals surface area (Å²) >= 11 is 0. The summed E-state index contributed by atoms with van der Waals surface area (Å²) in [6.45, 7) is 3.62. The average Bonchev–Trinajstić information content (AvgIpc) is 3.21. The van der Waals surface area contributed by atoms with Gasteiger partial charge >= 0.3 is 0 Å². The van der Waals surface area contributed by atoms with Crippen molar-refractivity contribution in [1.82, 2.24) is 9.88 Å². The summed E-state index contributed by atoms with van der Waals surface area (Å²) in [6, 6.07) is 7.42. The number of Topliss-reactive ketones (excluding diaryl/α,β-unsaturated/α-hetero) is 1. The minimum Gasteiger partial charge on any atom is -0.503 e. The third kappa shape index (κ3) is 2.85. The van der Waals surface area contributed by atoms with E-state index in [4.69, 9.17) is 0 Å². The van der Waals surface area contributed by atoms with Crippen molar-refractivity contribution in [2.45, 2.75) is 58.0 Å². The first kappa shape index (κ1) is 17.8. The Morgan fingerprint density at radius 2 is 1.89 bits per heavy atom. The van der Waals surface area contributed by atoms with Gasteiger partial charge in [-0.2, -0.15) is 0 Å². The monoisotopic (exact) mass is 366 g/mol. The second-order valence-corrected chi connectivity index (χ2v) is 7.98. The number of benzene rings is 1. The van der Waals surface area contributed by atoms with Gasteiger partial charge in [0, 0.05) is 34.6 Å². The number of nitrogens with zero attached hydrogens (tertiary/aromatic N) is 1. The number of amides is 1. The zero-order chi connectivity index (χ0) is 19.1. The van der Waals surface area contributed by atoms with Gasteiger partial charge in [0.2, 0.25) is 0 Å². The van der Waals surface area contributed by atoms with Crippen LogP contribution in [0.4, 0.5) is 0 Å². The molecule has 1 unspecified atom stereocenters. The Hall–Kier alpha value is -2.56. The van der Waals surface area contributed by atoms with Crippen molar-refractivity contribution in [2.24, 2.45) is 5.92 Å². The highest BCUT2D eigenvalue weighted by Gasteiger charge is 2.47. The molecule has 1 aliphatic heterocycles. The van der Waals surface area contributed by atoms with Gasteiger partial charge in [-0.05, 0) is 18.9 Å². The van der Waals surface area contributed by atoms with Crippen molar-refractivity contribution >= 4 is 22.6 Å². The van der Waals surface area contributed by atoms with E-state index < -0.39 is 11.9 Å². The van der Waals surface area contributed by atoms with Crippen LogP contribution in [0.25, 0.3) is 10.9 Å². The molecule has 0 spiro atoms. The highest BCUT2D eigenvalue weighted by Crippen LogP contribution is 2.44. The molecule has 5 heteroatoms. The molecule has 1 aromatic heterocycles. The number of hydrogen-bond acceptors (Lipinski definition) is 3. The maximum Gasteiger partial charge on any atom is 0.290 e. The van der Waals surface area contributed by atoms with E-state index in [9.17, 15) is 14.7 Å². The normalized spacial score (nSPS) is 21.7. The Balaban J connectivity index is 1.87. The molecule has 5 nitrogen and oxygen atoms in total. The number of carbonyl (C=O) groups excluding carboxylic acids is 2. The lowest BCUT2D eigenvalue weighted by Gasteiger charge is -2.36. The molecule has 142 valence electrons. The number of ketones is 1. The van der Waals surface area contributed by atoms with E-state index in [1.54, 1.807) is 4.90 Å². The van der Waals surface area contributed by atoms with Gasteiger partial charge in [-0.1, -0.05) is 51.3 Å². The number of nitrogens with one attached hydrogen (secondary N) is 1. The molecule has 1 amide bonds. The number of aliphatic hydroxyl groups excluding tert-OH is 1. The molecule has 0 saturated heterocycles. The molecule has 4 rings (SSSR count). The number of fused-ring (bicyclic) bond motifs is 1. The Labute approximate surface area is 159 Å². The van der Waals surface area contributed by atoms with E-state index in [1.165, 1.54) is 6.42 Å². The molecule has 27 heavy (non-hydrogen) atoms. The van der Waals surface area contributed by atoms with Crippen molar-refractivity contribution in [2.75, 3.05) is 0 Å². The van der Waals surface area contributed by atoms with E-state index >= 15 is 0 Å². The van der Waals surface area contributed by atoms with Crippen molar-refractivity contribution < 1.29 is 14.7 Å². The summed E-state index contributed by atoms with van der Waals surface area (Å²) < 4.78 is 0. The van der Waals surface area contributed by atoms with E-state index in [-0.39, 0.29) is 29.1 Å². The Kier molecular flexibility index (Phi) is 4.54. The molecule has 1 atom stereocenters. The molecule has 2 aliphatic rings. The van der Waals surface area contributed by atoms with Crippen molar-refractivity contribution in [3.05, 3.63) is 47.4 Å². The second-order valence-electron chi connectivity index (χ2n) is 7.98. The molecular weight excluding hydrogens is 340 g/mol. The molecule has 0 radical (unpaired) electrons. The van der Waals surface area contributed by atoms with Crippen LogP contribution in [0.1, 0.15) is 57.6 Å². The van der Waals surface area contributed by atoms with Crippen molar-refractivity contribution in [1.29, 1.82) is 0 Å². The molecule has 2 N–H and O–H groups in total. The van der Waals surface area contributed by atoms with E-state index in [2.05, 4.69) is 4.98 Å². The SMILES string of the molecule is CC(C)C(=O)C1=C(O)C(=O)N(C2CCCCC2)C1c1c[nH]c2ccccc12. The summed E-state index contributed by atoms with van der Waals surface area (Å²) in [5, 5.41) is 11.7. The zero-order valence-electron chi connectivity index (χ0n) is 15.9. The fourth-order valence-corrected chi connectivity index (χ4v) is 4.55. The van der Waals surface area contributed by atoms with Crippen LogP contribution in [-0.4, -0.2) is 32.7 Å². The predicted octanol–water partition coefficient (Wildman–Crippen LogP) is 4.42. The van der Waals surface area contributed by atoms with Gasteiger partial charge in [0.1, 0.15) is 0 Å². The van der Waals surface area contributed by atoms with E-state index in [0.717, 1.165) is 42.1 Å². The number of aromatic nitrogens is 1. The first-order valence-electron chi connectivity index (χ1n) is 9.86. The lowest BCUT2D eigenvalue weighted by molar-refractivity contribution is -0.132. The highest BCUT2D eigenvalue weighted by atomic mass is 16.3. The third-order valence-electron chi connectivity index (χ3n) is 5.92. The molecule has 1 saturated carbocycles. The van der Waals surface area contributed by atoms with Crippen LogP contribution in [0.5, 0.6) is 0 Å². The van der Waals surface area contributed by atoms with Gasteiger partial charge in [0.25, 0.3) is 5.91 Å². The smallest absolute Gasteiger partial charge is 0.290 e. The summed E-state index contributed by atoms with van der Waals surface area (Å²) in [7, 11) is 0. The van der Waals surface area contributed by atoms with E-state index in [0.29, 0.717) is 0 Å². The average molecular weight is 366 g/mol. The molecule has 1 aromatic carbocycles.